The molecule has 0 unspecified atom stereocenters. The minimum atomic E-state index is 0.525. The van der Waals surface area contributed by atoms with Gasteiger partial charge in [-0.3, -0.25) is 4.98 Å². The number of benzene rings is 1. The van der Waals surface area contributed by atoms with E-state index in [0.29, 0.717) is 5.95 Å². The molecule has 4 heterocycles. The van der Waals surface area contributed by atoms with Crippen LogP contribution in [0.3, 0.4) is 0 Å². The summed E-state index contributed by atoms with van der Waals surface area (Å²) in [4.78, 5) is 18.1. The summed E-state index contributed by atoms with van der Waals surface area (Å²) < 4.78 is 7.77. The van der Waals surface area contributed by atoms with E-state index in [1.807, 2.05) is 31.4 Å². The van der Waals surface area contributed by atoms with Crippen LogP contribution in [0.1, 0.15) is 0 Å². The second-order valence-electron chi connectivity index (χ2n) is 8.09. The number of nitrogens with zero attached hydrogens (tertiary/aromatic N) is 6. The molecule has 0 spiro atoms. The number of piperazine rings is 1. The number of aromatic nitrogens is 4. The van der Waals surface area contributed by atoms with Crippen molar-refractivity contribution in [3.63, 3.8) is 0 Å². The van der Waals surface area contributed by atoms with E-state index in [4.69, 9.17) is 9.72 Å². The molecule has 1 aromatic carbocycles. The molecule has 1 N–H and O–H groups in total. The molecule has 3 aromatic heterocycles. The van der Waals surface area contributed by atoms with Gasteiger partial charge in [-0.1, -0.05) is 0 Å². The van der Waals surface area contributed by atoms with Gasteiger partial charge < -0.3 is 24.4 Å². The second kappa shape index (κ2) is 8.47. The number of likely N-dealkylation sites (N-methyl/N-ethyl adjacent to an activating group) is 1. The predicted molar refractivity (Wildman–Crippen MR) is 128 cm³/mol. The topological polar surface area (TPSA) is 71.3 Å². The van der Waals surface area contributed by atoms with Crippen LogP contribution in [0.15, 0.2) is 55.0 Å². The summed E-state index contributed by atoms with van der Waals surface area (Å²) in [6.45, 7) is 4.15. The summed E-state index contributed by atoms with van der Waals surface area (Å²) in [5.41, 5.74) is 4.92. The van der Waals surface area contributed by atoms with Gasteiger partial charge in [0, 0.05) is 62.8 Å². The van der Waals surface area contributed by atoms with Crippen molar-refractivity contribution in [1.29, 1.82) is 0 Å². The third-order valence-electron chi connectivity index (χ3n) is 6.07. The van der Waals surface area contributed by atoms with Gasteiger partial charge in [-0.25, -0.2) is 9.97 Å². The number of nitrogens with one attached hydrogen (secondary N) is 1. The molecule has 0 radical (unpaired) electrons. The predicted octanol–water partition coefficient (Wildman–Crippen LogP) is 3.53. The van der Waals surface area contributed by atoms with Gasteiger partial charge >= 0.3 is 0 Å². The minimum absolute atomic E-state index is 0.525. The van der Waals surface area contributed by atoms with Gasteiger partial charge in [-0.05, 0) is 37.4 Å². The van der Waals surface area contributed by atoms with E-state index in [1.54, 1.807) is 19.5 Å². The largest absolute Gasteiger partial charge is 0.494 e. The fourth-order valence-corrected chi connectivity index (χ4v) is 4.15. The first-order chi connectivity index (χ1) is 15.6. The molecule has 4 aromatic rings. The maximum absolute atomic E-state index is 5.68. The molecule has 1 aliphatic rings. The van der Waals surface area contributed by atoms with Gasteiger partial charge in [-0.15, -0.1) is 0 Å². The molecule has 0 amide bonds. The Hall–Kier alpha value is -3.65. The van der Waals surface area contributed by atoms with E-state index in [0.717, 1.165) is 59.9 Å². The maximum atomic E-state index is 5.68. The summed E-state index contributed by atoms with van der Waals surface area (Å²) >= 11 is 0. The Bertz CT molecular complexity index is 1240. The smallest absolute Gasteiger partial charge is 0.227 e. The number of pyridine rings is 1. The highest BCUT2D eigenvalue weighted by molar-refractivity contribution is 5.85. The lowest BCUT2D eigenvalue weighted by Crippen LogP contribution is -2.44. The van der Waals surface area contributed by atoms with Crippen molar-refractivity contribution in [3.05, 3.63) is 55.0 Å². The number of aryl methyl sites for hydroxylation is 1. The lowest BCUT2D eigenvalue weighted by Gasteiger charge is -2.34. The Morgan fingerprint density at radius 1 is 0.969 bits per heavy atom. The second-order valence-corrected chi connectivity index (χ2v) is 8.09. The highest BCUT2D eigenvalue weighted by Gasteiger charge is 2.17. The standard InChI is InChI=1S/C24H27N7O/c1-29-10-12-31(13-11-29)18-4-5-20(23(15-18)32-3)28-24-26-9-7-19(27-24)21-14-17-6-8-25-16-22(17)30(21)2/h4-9,14-16H,10-13H2,1-3H3,(H,26,27,28). The first-order valence-electron chi connectivity index (χ1n) is 10.7. The zero-order chi connectivity index (χ0) is 22.1. The molecule has 32 heavy (non-hydrogen) atoms. The van der Waals surface area contributed by atoms with Crippen LogP contribution in [0.5, 0.6) is 5.75 Å². The molecule has 1 aliphatic heterocycles. The maximum Gasteiger partial charge on any atom is 0.227 e. The number of hydrogen-bond acceptors (Lipinski definition) is 7. The fraction of sp³-hybridized carbons (Fsp3) is 0.292. The summed E-state index contributed by atoms with van der Waals surface area (Å²) in [7, 11) is 5.87. The van der Waals surface area contributed by atoms with E-state index in [9.17, 15) is 0 Å². The van der Waals surface area contributed by atoms with Crippen LogP contribution < -0.4 is 15.0 Å². The first-order valence-corrected chi connectivity index (χ1v) is 10.7. The Morgan fingerprint density at radius 3 is 2.59 bits per heavy atom. The number of hydrogen-bond donors (Lipinski definition) is 1. The van der Waals surface area contributed by atoms with Gasteiger partial charge in [0.25, 0.3) is 0 Å². The van der Waals surface area contributed by atoms with Crippen LogP contribution in [-0.4, -0.2) is 64.8 Å². The molecule has 8 heteroatoms. The third kappa shape index (κ3) is 3.85. The summed E-state index contributed by atoms with van der Waals surface area (Å²) in [5, 5.41) is 4.46. The molecule has 8 nitrogen and oxygen atoms in total. The lowest BCUT2D eigenvalue weighted by molar-refractivity contribution is 0.312. The Labute approximate surface area is 187 Å². The Balaban J connectivity index is 1.41. The molecule has 164 valence electrons. The van der Waals surface area contributed by atoms with Crippen molar-refractivity contribution < 1.29 is 4.74 Å². The molecule has 0 bridgehead atoms. The number of rotatable bonds is 5. The van der Waals surface area contributed by atoms with Crippen molar-refractivity contribution >= 4 is 28.2 Å². The normalized spacial score (nSPS) is 14.7. The Kier molecular flexibility index (Phi) is 5.36. The van der Waals surface area contributed by atoms with Crippen LogP contribution in [0.2, 0.25) is 0 Å². The summed E-state index contributed by atoms with van der Waals surface area (Å²) in [6.07, 6.45) is 5.44. The molecule has 0 aliphatic carbocycles. The number of fused-ring (bicyclic) bond motifs is 1. The van der Waals surface area contributed by atoms with Crippen LogP contribution in [0, 0.1) is 0 Å². The molecule has 0 atom stereocenters. The molecule has 1 fully saturated rings. The Morgan fingerprint density at radius 2 is 1.81 bits per heavy atom. The van der Waals surface area contributed by atoms with Crippen molar-refractivity contribution in [2.45, 2.75) is 0 Å². The van der Waals surface area contributed by atoms with Gasteiger partial charge in [0.15, 0.2) is 0 Å². The summed E-state index contributed by atoms with van der Waals surface area (Å²) in [6, 6.07) is 12.3. The van der Waals surface area contributed by atoms with E-state index in [2.05, 4.69) is 54.9 Å². The SMILES string of the molecule is COc1cc(N2CCN(C)CC2)ccc1Nc1nccc(-c2cc3ccncc3n2C)n1. The highest BCUT2D eigenvalue weighted by atomic mass is 16.5. The van der Waals surface area contributed by atoms with Gasteiger partial charge in [0.1, 0.15) is 5.75 Å². The molecule has 1 saturated heterocycles. The van der Waals surface area contributed by atoms with E-state index >= 15 is 0 Å². The van der Waals surface area contributed by atoms with E-state index < -0.39 is 0 Å². The molecular formula is C24H27N7O. The minimum Gasteiger partial charge on any atom is -0.494 e. The average Bonchev–Trinajstić information content (AvgIpc) is 3.17. The van der Waals surface area contributed by atoms with Crippen LogP contribution >= 0.6 is 0 Å². The van der Waals surface area contributed by atoms with Gasteiger partial charge in [0.05, 0.1) is 35.9 Å². The van der Waals surface area contributed by atoms with Gasteiger partial charge in [-0.2, -0.15) is 0 Å². The van der Waals surface area contributed by atoms with E-state index in [1.165, 1.54) is 5.69 Å². The number of anilines is 3. The van der Waals surface area contributed by atoms with Crippen LogP contribution in [-0.2, 0) is 7.05 Å². The van der Waals surface area contributed by atoms with Crippen LogP contribution in [0.25, 0.3) is 22.3 Å². The summed E-state index contributed by atoms with van der Waals surface area (Å²) in [5.74, 6) is 1.29. The average molecular weight is 430 g/mol. The van der Waals surface area contributed by atoms with Gasteiger partial charge in [0.2, 0.25) is 5.95 Å². The van der Waals surface area contributed by atoms with Crippen molar-refractivity contribution in [2.75, 3.05) is 50.6 Å². The molecule has 5 rings (SSSR count). The lowest BCUT2D eigenvalue weighted by atomic mass is 10.2. The van der Waals surface area contributed by atoms with Crippen molar-refractivity contribution in [3.8, 4) is 17.1 Å². The first kappa shape index (κ1) is 20.3. The van der Waals surface area contributed by atoms with E-state index in [-0.39, 0.29) is 0 Å². The molecule has 0 saturated carbocycles. The number of ether oxygens (including phenoxy) is 1. The fourth-order valence-electron chi connectivity index (χ4n) is 4.15. The van der Waals surface area contributed by atoms with Crippen molar-refractivity contribution in [1.82, 2.24) is 24.4 Å². The molecular weight excluding hydrogens is 402 g/mol. The van der Waals surface area contributed by atoms with Crippen molar-refractivity contribution in [2.24, 2.45) is 7.05 Å². The zero-order valence-corrected chi connectivity index (χ0v) is 18.6. The van der Waals surface area contributed by atoms with Crippen LogP contribution in [0.4, 0.5) is 17.3 Å². The third-order valence-corrected chi connectivity index (χ3v) is 6.07. The quantitative estimate of drug-likeness (QED) is 0.520. The monoisotopic (exact) mass is 429 g/mol. The number of methoxy groups -OCH3 is 1. The highest BCUT2D eigenvalue weighted by Crippen LogP contribution is 2.32. The zero-order valence-electron chi connectivity index (χ0n) is 18.6.